The van der Waals surface area contributed by atoms with Crippen molar-refractivity contribution in [1.29, 1.82) is 0 Å². The largest absolute Gasteiger partial charge is 0.289 e. The highest BCUT2D eigenvalue weighted by molar-refractivity contribution is 5.75. The molecule has 0 aromatic rings. The van der Waals surface area contributed by atoms with Crippen LogP contribution in [0.2, 0.25) is 0 Å². The first-order valence-corrected chi connectivity index (χ1v) is 3.79. The molecule has 1 rings (SSSR count). The summed E-state index contributed by atoms with van der Waals surface area (Å²) in [5.74, 6) is 0.138. The third kappa shape index (κ3) is 3.45. The molecule has 0 aliphatic carbocycles. The van der Waals surface area contributed by atoms with Crippen molar-refractivity contribution in [2.45, 2.75) is 26.7 Å². The Bertz CT molecular complexity index is 104. The molecule has 1 aliphatic rings. The highest BCUT2D eigenvalue weighted by atomic mass is 16.2. The molecule has 1 aliphatic heterocycles. The summed E-state index contributed by atoms with van der Waals surface area (Å²) in [4.78, 5) is 10.5. The topological polar surface area (TPSA) is 32.3 Å². The van der Waals surface area contributed by atoms with Crippen LogP contribution in [-0.4, -0.2) is 24.5 Å². The molecule has 1 N–H and O–H groups in total. The van der Waals surface area contributed by atoms with Crippen LogP contribution >= 0.6 is 0 Å². The average molecular weight is 144 g/mol. The normalized spacial score (nSPS) is 18.9. The van der Waals surface area contributed by atoms with Gasteiger partial charge in [0.25, 0.3) is 0 Å². The van der Waals surface area contributed by atoms with Gasteiger partial charge in [-0.3, -0.25) is 10.2 Å². The number of hydrazine groups is 1. The second-order valence-corrected chi connectivity index (χ2v) is 2.06. The maximum atomic E-state index is 10.5. The van der Waals surface area contributed by atoms with E-state index in [0.717, 1.165) is 13.0 Å². The number of hydrogen-bond donors (Lipinski definition) is 1. The Morgan fingerprint density at radius 2 is 2.10 bits per heavy atom. The fourth-order valence-electron chi connectivity index (χ4n) is 0.801. The van der Waals surface area contributed by atoms with E-state index in [1.54, 1.807) is 0 Å². The Morgan fingerprint density at radius 3 is 2.40 bits per heavy atom. The molecule has 1 amide bonds. The van der Waals surface area contributed by atoms with Crippen molar-refractivity contribution >= 4 is 5.91 Å². The average Bonchev–Trinajstić information content (AvgIpc) is 1.91. The Kier molecular flexibility index (Phi) is 4.94. The Labute approximate surface area is 62.4 Å². The molecule has 0 bridgehead atoms. The van der Waals surface area contributed by atoms with Gasteiger partial charge in [-0.25, -0.2) is 5.01 Å². The number of hydrogen-bond acceptors (Lipinski definition) is 2. The molecule has 0 spiro atoms. The maximum Gasteiger partial charge on any atom is 0.234 e. The van der Waals surface area contributed by atoms with Crippen molar-refractivity contribution < 1.29 is 4.79 Å². The third-order valence-corrected chi connectivity index (χ3v) is 1.21. The molecule has 0 atom stereocenters. The second-order valence-electron chi connectivity index (χ2n) is 2.06. The van der Waals surface area contributed by atoms with Crippen molar-refractivity contribution in [2.24, 2.45) is 0 Å². The molecular weight excluding hydrogens is 128 g/mol. The summed E-state index contributed by atoms with van der Waals surface area (Å²) in [6, 6.07) is 0. The lowest BCUT2D eigenvalue weighted by molar-refractivity contribution is -0.127. The SMILES string of the molecule is CC.CN1CCCC(=O)N1. The first-order chi connectivity index (χ1) is 4.79. The summed E-state index contributed by atoms with van der Waals surface area (Å²) in [6.07, 6.45) is 1.67. The molecule has 0 saturated carbocycles. The second kappa shape index (κ2) is 5.23. The van der Waals surface area contributed by atoms with Gasteiger partial charge in [-0.15, -0.1) is 0 Å². The van der Waals surface area contributed by atoms with E-state index in [2.05, 4.69) is 5.43 Å². The lowest BCUT2D eigenvalue weighted by Crippen LogP contribution is -2.43. The predicted molar refractivity (Wildman–Crippen MR) is 41.4 cm³/mol. The van der Waals surface area contributed by atoms with E-state index >= 15 is 0 Å². The zero-order chi connectivity index (χ0) is 7.98. The standard InChI is InChI=1S/C5H10N2O.C2H6/c1-7-4-2-3-5(8)6-7;1-2/h2-4H2,1H3,(H,6,8);1-2H3. The quantitative estimate of drug-likeness (QED) is 0.544. The van der Waals surface area contributed by atoms with Gasteiger partial charge in [0.2, 0.25) is 5.91 Å². The minimum absolute atomic E-state index is 0.138. The zero-order valence-corrected chi connectivity index (χ0v) is 6.98. The first-order valence-electron chi connectivity index (χ1n) is 3.79. The van der Waals surface area contributed by atoms with E-state index in [9.17, 15) is 4.79 Å². The van der Waals surface area contributed by atoms with Crippen LogP contribution in [-0.2, 0) is 4.79 Å². The van der Waals surface area contributed by atoms with Crippen molar-refractivity contribution in [3.05, 3.63) is 0 Å². The number of carbonyl (C=O) groups is 1. The fourth-order valence-corrected chi connectivity index (χ4v) is 0.801. The Balaban J connectivity index is 0.000000371. The number of rotatable bonds is 0. The molecule has 0 radical (unpaired) electrons. The van der Waals surface area contributed by atoms with Gasteiger partial charge in [0.1, 0.15) is 0 Å². The van der Waals surface area contributed by atoms with E-state index < -0.39 is 0 Å². The summed E-state index contributed by atoms with van der Waals surface area (Å²) < 4.78 is 0. The molecule has 0 aromatic carbocycles. The third-order valence-electron chi connectivity index (χ3n) is 1.21. The van der Waals surface area contributed by atoms with Gasteiger partial charge in [-0.2, -0.15) is 0 Å². The molecule has 0 unspecified atom stereocenters. The molecule has 1 fully saturated rings. The fraction of sp³-hybridized carbons (Fsp3) is 0.857. The molecule has 0 aromatic heterocycles. The smallest absolute Gasteiger partial charge is 0.234 e. The first kappa shape index (κ1) is 9.43. The van der Waals surface area contributed by atoms with Crippen LogP contribution in [0, 0.1) is 0 Å². The molecular formula is C7H16N2O. The highest BCUT2D eigenvalue weighted by Gasteiger charge is 2.09. The molecule has 10 heavy (non-hydrogen) atoms. The molecule has 60 valence electrons. The minimum Gasteiger partial charge on any atom is -0.289 e. The van der Waals surface area contributed by atoms with Crippen LogP contribution in [0.5, 0.6) is 0 Å². The monoisotopic (exact) mass is 144 g/mol. The summed E-state index contributed by atoms with van der Waals surface area (Å²) in [7, 11) is 1.87. The number of nitrogens with zero attached hydrogens (tertiary/aromatic N) is 1. The van der Waals surface area contributed by atoms with E-state index in [-0.39, 0.29) is 5.91 Å². The lowest BCUT2D eigenvalue weighted by atomic mass is 10.2. The van der Waals surface area contributed by atoms with Crippen LogP contribution in [0.1, 0.15) is 26.7 Å². The van der Waals surface area contributed by atoms with Gasteiger partial charge >= 0.3 is 0 Å². The molecule has 1 saturated heterocycles. The van der Waals surface area contributed by atoms with E-state index in [0.29, 0.717) is 6.42 Å². The van der Waals surface area contributed by atoms with Gasteiger partial charge in [-0.1, -0.05) is 13.8 Å². The summed E-state index contributed by atoms with van der Waals surface area (Å²) in [5, 5.41) is 1.81. The number of carbonyl (C=O) groups excluding carboxylic acids is 1. The molecule has 3 nitrogen and oxygen atoms in total. The van der Waals surface area contributed by atoms with Gasteiger partial charge in [0.15, 0.2) is 0 Å². The van der Waals surface area contributed by atoms with Crippen molar-refractivity contribution in [3.63, 3.8) is 0 Å². The van der Waals surface area contributed by atoms with Gasteiger partial charge in [0, 0.05) is 20.0 Å². The van der Waals surface area contributed by atoms with E-state index in [4.69, 9.17) is 0 Å². The van der Waals surface area contributed by atoms with Crippen LogP contribution in [0.25, 0.3) is 0 Å². The maximum absolute atomic E-state index is 10.5. The van der Waals surface area contributed by atoms with Gasteiger partial charge in [-0.05, 0) is 6.42 Å². The lowest BCUT2D eigenvalue weighted by Gasteiger charge is -2.22. The van der Waals surface area contributed by atoms with Crippen LogP contribution < -0.4 is 5.43 Å². The number of amides is 1. The number of nitrogens with one attached hydrogen (secondary N) is 1. The summed E-state index contributed by atoms with van der Waals surface area (Å²) >= 11 is 0. The summed E-state index contributed by atoms with van der Waals surface area (Å²) in [6.45, 7) is 4.98. The Hall–Kier alpha value is -0.570. The van der Waals surface area contributed by atoms with E-state index in [1.807, 2.05) is 25.9 Å². The van der Waals surface area contributed by atoms with Gasteiger partial charge < -0.3 is 0 Å². The minimum atomic E-state index is 0.138. The molecule has 1 heterocycles. The van der Waals surface area contributed by atoms with Crippen molar-refractivity contribution in [3.8, 4) is 0 Å². The van der Waals surface area contributed by atoms with Crippen LogP contribution in [0.15, 0.2) is 0 Å². The van der Waals surface area contributed by atoms with E-state index in [1.165, 1.54) is 0 Å². The molecule has 3 heteroatoms. The highest BCUT2D eigenvalue weighted by Crippen LogP contribution is 1.96. The van der Waals surface area contributed by atoms with Crippen molar-refractivity contribution in [1.82, 2.24) is 10.4 Å². The Morgan fingerprint density at radius 1 is 1.50 bits per heavy atom. The van der Waals surface area contributed by atoms with Crippen LogP contribution in [0.4, 0.5) is 0 Å². The zero-order valence-electron chi connectivity index (χ0n) is 6.98. The predicted octanol–water partition coefficient (Wildman–Crippen LogP) is 0.769. The van der Waals surface area contributed by atoms with Crippen molar-refractivity contribution in [2.75, 3.05) is 13.6 Å². The van der Waals surface area contributed by atoms with Crippen LogP contribution in [0.3, 0.4) is 0 Å². The van der Waals surface area contributed by atoms with Gasteiger partial charge in [0.05, 0.1) is 0 Å². The summed E-state index contributed by atoms with van der Waals surface area (Å²) in [5.41, 5.74) is 2.67.